The molecule has 0 spiro atoms. The van der Waals surface area contributed by atoms with E-state index in [-0.39, 0.29) is 12.0 Å². The predicted octanol–water partition coefficient (Wildman–Crippen LogP) is 2.32. The highest BCUT2D eigenvalue weighted by Crippen LogP contribution is 2.23. The maximum Gasteiger partial charge on any atom is 0.256 e. The minimum Gasteiger partial charge on any atom is -0.471 e. The van der Waals surface area contributed by atoms with Crippen molar-refractivity contribution >= 4 is 22.6 Å². The molecule has 1 aliphatic heterocycles. The molecule has 134 valence electrons. The monoisotopic (exact) mass is 351 g/mol. The second-order valence-corrected chi connectivity index (χ2v) is 6.65. The molecular weight excluding hydrogens is 330 g/mol. The third-order valence-corrected chi connectivity index (χ3v) is 4.62. The molecule has 7 heteroatoms. The first kappa shape index (κ1) is 16.4. The number of likely N-dealkylation sites (tertiary alicyclic amines) is 1. The summed E-state index contributed by atoms with van der Waals surface area (Å²) in [5, 5.41) is 9.17. The van der Waals surface area contributed by atoms with Crippen molar-refractivity contribution in [1.82, 2.24) is 20.1 Å². The average molecular weight is 351 g/mol. The number of nitrogens with one attached hydrogen (secondary N) is 1. The van der Waals surface area contributed by atoms with Gasteiger partial charge < -0.3 is 19.5 Å². The van der Waals surface area contributed by atoms with Crippen LogP contribution in [0.3, 0.4) is 0 Å². The molecule has 1 atom stereocenters. The second-order valence-electron chi connectivity index (χ2n) is 6.65. The van der Waals surface area contributed by atoms with E-state index in [2.05, 4.69) is 15.2 Å². The smallest absolute Gasteiger partial charge is 0.256 e. The van der Waals surface area contributed by atoms with Crippen molar-refractivity contribution in [3.63, 3.8) is 0 Å². The van der Waals surface area contributed by atoms with Crippen molar-refractivity contribution in [3.8, 4) is 5.88 Å². The summed E-state index contributed by atoms with van der Waals surface area (Å²) in [5.74, 6) is 1.30. The number of hydrogen-bond donors (Lipinski definition) is 1. The van der Waals surface area contributed by atoms with Gasteiger partial charge in [0.05, 0.1) is 12.1 Å². The Kier molecular flexibility index (Phi) is 4.20. The molecule has 3 heterocycles. The van der Waals surface area contributed by atoms with E-state index in [9.17, 15) is 4.79 Å². The second kappa shape index (κ2) is 6.67. The quantitative estimate of drug-likeness (QED) is 0.781. The van der Waals surface area contributed by atoms with Gasteiger partial charge in [-0.2, -0.15) is 0 Å². The van der Waals surface area contributed by atoms with E-state index in [4.69, 9.17) is 4.74 Å². The van der Waals surface area contributed by atoms with Crippen LogP contribution >= 0.6 is 0 Å². The Morgan fingerprint density at radius 3 is 2.85 bits per heavy atom. The fourth-order valence-corrected chi connectivity index (χ4v) is 3.21. The molecule has 1 saturated heterocycles. The van der Waals surface area contributed by atoms with Gasteiger partial charge in [-0.1, -0.05) is 18.2 Å². The largest absolute Gasteiger partial charge is 0.471 e. The summed E-state index contributed by atoms with van der Waals surface area (Å²) in [5.41, 5.74) is 1.68. The van der Waals surface area contributed by atoms with Crippen LogP contribution < -0.4 is 9.64 Å². The molecule has 0 aliphatic carbocycles. The Morgan fingerprint density at radius 2 is 2.08 bits per heavy atom. The van der Waals surface area contributed by atoms with Gasteiger partial charge in [-0.15, -0.1) is 10.2 Å². The van der Waals surface area contributed by atoms with Crippen LogP contribution in [0.2, 0.25) is 0 Å². The van der Waals surface area contributed by atoms with Gasteiger partial charge in [0.1, 0.15) is 6.10 Å². The van der Waals surface area contributed by atoms with Crippen molar-refractivity contribution < 1.29 is 9.53 Å². The number of ether oxygens (including phenoxy) is 1. The number of aromatic nitrogens is 3. The Labute approximate surface area is 151 Å². The van der Waals surface area contributed by atoms with Gasteiger partial charge in [0.25, 0.3) is 5.91 Å². The third kappa shape index (κ3) is 3.08. The number of aromatic amines is 1. The Morgan fingerprint density at radius 1 is 1.23 bits per heavy atom. The van der Waals surface area contributed by atoms with Crippen LogP contribution in [0.15, 0.2) is 42.6 Å². The molecule has 4 rings (SSSR count). The fourth-order valence-electron chi connectivity index (χ4n) is 3.21. The van der Waals surface area contributed by atoms with Gasteiger partial charge in [0, 0.05) is 50.2 Å². The van der Waals surface area contributed by atoms with Gasteiger partial charge in [-0.25, -0.2) is 0 Å². The molecule has 3 aromatic rings. The standard InChI is InChI=1S/C19H21N5O2/c1-23(2)17-7-8-18(22-21-17)26-13-9-10-24(12-13)19(25)15-11-20-16-6-4-3-5-14(15)16/h3-8,11,13,20H,9-10,12H2,1-2H3. The summed E-state index contributed by atoms with van der Waals surface area (Å²) >= 11 is 0. The van der Waals surface area contributed by atoms with Crippen molar-refractivity contribution in [2.24, 2.45) is 0 Å². The van der Waals surface area contributed by atoms with E-state index >= 15 is 0 Å². The van der Waals surface area contributed by atoms with Crippen molar-refractivity contribution in [2.75, 3.05) is 32.1 Å². The highest BCUT2D eigenvalue weighted by Gasteiger charge is 2.29. The van der Waals surface area contributed by atoms with Crippen molar-refractivity contribution in [3.05, 3.63) is 48.2 Å². The molecule has 1 aliphatic rings. The summed E-state index contributed by atoms with van der Waals surface area (Å²) in [4.78, 5) is 19.7. The maximum atomic E-state index is 12.9. The lowest BCUT2D eigenvalue weighted by molar-refractivity contribution is 0.0773. The average Bonchev–Trinajstić information content (AvgIpc) is 3.28. The van der Waals surface area contributed by atoms with Crippen molar-refractivity contribution in [2.45, 2.75) is 12.5 Å². The Hall–Kier alpha value is -3.09. The SMILES string of the molecule is CN(C)c1ccc(OC2CCN(C(=O)c3c[nH]c4ccccc34)C2)nn1. The van der Waals surface area contributed by atoms with E-state index in [1.165, 1.54) is 0 Å². The Balaban J connectivity index is 1.42. The number of carbonyl (C=O) groups excluding carboxylic acids is 1. The molecule has 0 saturated carbocycles. The van der Waals surface area contributed by atoms with Crippen LogP contribution in [0.5, 0.6) is 5.88 Å². The lowest BCUT2D eigenvalue weighted by atomic mass is 10.1. The number of rotatable bonds is 4. The number of fused-ring (bicyclic) bond motifs is 1. The molecule has 2 aromatic heterocycles. The topological polar surface area (TPSA) is 74.3 Å². The highest BCUT2D eigenvalue weighted by molar-refractivity contribution is 6.06. The first-order valence-electron chi connectivity index (χ1n) is 8.65. The number of para-hydroxylation sites is 1. The van der Waals surface area contributed by atoms with Crippen LogP contribution in [-0.2, 0) is 0 Å². The molecule has 7 nitrogen and oxygen atoms in total. The van der Waals surface area contributed by atoms with Crippen LogP contribution in [0.1, 0.15) is 16.8 Å². The van der Waals surface area contributed by atoms with Gasteiger partial charge in [-0.05, 0) is 12.1 Å². The number of benzene rings is 1. The van der Waals surface area contributed by atoms with Crippen LogP contribution in [0.4, 0.5) is 5.82 Å². The van der Waals surface area contributed by atoms with Gasteiger partial charge >= 0.3 is 0 Å². The molecule has 1 aromatic carbocycles. The number of hydrogen-bond acceptors (Lipinski definition) is 5. The molecule has 1 unspecified atom stereocenters. The summed E-state index contributed by atoms with van der Waals surface area (Å²) in [6, 6.07) is 11.5. The van der Waals surface area contributed by atoms with E-state index in [0.717, 1.165) is 23.1 Å². The minimum absolute atomic E-state index is 0.0302. The number of H-pyrrole nitrogens is 1. The first-order chi connectivity index (χ1) is 12.6. The lowest BCUT2D eigenvalue weighted by Crippen LogP contribution is -2.31. The van der Waals surface area contributed by atoms with E-state index in [1.54, 1.807) is 6.20 Å². The molecule has 0 bridgehead atoms. The van der Waals surface area contributed by atoms with Gasteiger partial charge in [0.15, 0.2) is 5.82 Å². The number of carbonyl (C=O) groups is 1. The maximum absolute atomic E-state index is 12.9. The molecule has 0 radical (unpaired) electrons. The van der Waals surface area contributed by atoms with E-state index in [1.807, 2.05) is 60.3 Å². The zero-order chi connectivity index (χ0) is 18.1. The summed E-state index contributed by atoms with van der Waals surface area (Å²) in [6.45, 7) is 1.22. The summed E-state index contributed by atoms with van der Waals surface area (Å²) in [6.07, 6.45) is 2.50. The van der Waals surface area contributed by atoms with Crippen LogP contribution in [0.25, 0.3) is 10.9 Å². The third-order valence-electron chi connectivity index (χ3n) is 4.62. The number of anilines is 1. The van der Waals surface area contributed by atoms with Crippen molar-refractivity contribution in [1.29, 1.82) is 0 Å². The number of nitrogens with zero attached hydrogens (tertiary/aromatic N) is 4. The molecule has 26 heavy (non-hydrogen) atoms. The Bertz CT molecular complexity index is 919. The molecule has 1 N–H and O–H groups in total. The van der Waals surface area contributed by atoms with E-state index < -0.39 is 0 Å². The van der Waals surface area contributed by atoms with Gasteiger partial charge in [-0.3, -0.25) is 4.79 Å². The highest BCUT2D eigenvalue weighted by atomic mass is 16.5. The lowest BCUT2D eigenvalue weighted by Gasteiger charge is -2.17. The van der Waals surface area contributed by atoms with Crippen LogP contribution in [0, 0.1) is 0 Å². The minimum atomic E-state index is -0.0661. The number of amides is 1. The molecule has 1 amide bonds. The van der Waals surface area contributed by atoms with Gasteiger partial charge in [0.2, 0.25) is 5.88 Å². The van der Waals surface area contributed by atoms with Crippen LogP contribution in [-0.4, -0.2) is 59.3 Å². The zero-order valence-corrected chi connectivity index (χ0v) is 14.8. The van der Waals surface area contributed by atoms with E-state index in [0.29, 0.717) is 24.5 Å². The normalized spacial score (nSPS) is 16.8. The molecule has 1 fully saturated rings. The fraction of sp³-hybridized carbons (Fsp3) is 0.316. The predicted molar refractivity (Wildman–Crippen MR) is 99.6 cm³/mol. The zero-order valence-electron chi connectivity index (χ0n) is 14.8. The summed E-state index contributed by atoms with van der Waals surface area (Å²) < 4.78 is 5.90. The molecular formula is C19H21N5O2. The summed E-state index contributed by atoms with van der Waals surface area (Å²) in [7, 11) is 3.82. The first-order valence-corrected chi connectivity index (χ1v) is 8.65.